The molecule has 0 aliphatic heterocycles. The Balaban J connectivity index is 0. The molecule has 0 aromatic rings. The van der Waals surface area contributed by atoms with Gasteiger partial charge in [-0.05, 0) is 25.7 Å². The Labute approximate surface area is 158 Å². The summed E-state index contributed by atoms with van der Waals surface area (Å²) in [5.41, 5.74) is 0. The first kappa shape index (κ1) is 25.1. The lowest BCUT2D eigenvalue weighted by Gasteiger charge is -2.11. The number of nitrogens with zero attached hydrogens (tertiary/aromatic N) is 1. The van der Waals surface area contributed by atoms with Crippen molar-refractivity contribution in [1.29, 1.82) is 0 Å². The molecule has 9 heteroatoms. The summed E-state index contributed by atoms with van der Waals surface area (Å²) in [5, 5.41) is 6.34. The van der Waals surface area contributed by atoms with Crippen LogP contribution in [0.4, 0.5) is 0 Å². The van der Waals surface area contributed by atoms with Crippen molar-refractivity contribution in [1.82, 2.24) is 15.4 Å². The van der Waals surface area contributed by atoms with Gasteiger partial charge in [-0.1, -0.05) is 13.8 Å². The fourth-order valence-corrected chi connectivity index (χ4v) is 2.09. The first-order valence-electron chi connectivity index (χ1n) is 7.89. The normalized spacial score (nSPS) is 12.1. The zero-order valence-electron chi connectivity index (χ0n) is 14.7. The van der Waals surface area contributed by atoms with Gasteiger partial charge in [0.15, 0.2) is 5.96 Å². The average molecular weight is 464 g/mol. The number of rotatable bonds is 12. The van der Waals surface area contributed by atoms with Crippen molar-refractivity contribution in [2.24, 2.45) is 10.9 Å². The van der Waals surface area contributed by atoms with Gasteiger partial charge in [0, 0.05) is 39.4 Å². The van der Waals surface area contributed by atoms with E-state index in [4.69, 9.17) is 4.74 Å². The van der Waals surface area contributed by atoms with Crippen molar-refractivity contribution in [2.45, 2.75) is 33.6 Å². The summed E-state index contributed by atoms with van der Waals surface area (Å²) in [6.45, 7) is 10.4. The van der Waals surface area contributed by atoms with Crippen LogP contribution >= 0.6 is 24.0 Å². The van der Waals surface area contributed by atoms with Crippen LogP contribution in [0.25, 0.3) is 0 Å². The molecule has 0 aliphatic rings. The maximum atomic E-state index is 10.9. The number of guanidine groups is 1. The molecule has 0 bridgehead atoms. The molecule has 0 fully saturated rings. The summed E-state index contributed by atoms with van der Waals surface area (Å²) in [5.74, 6) is 1.31. The van der Waals surface area contributed by atoms with E-state index in [0.717, 1.165) is 38.4 Å². The molecule has 0 saturated heterocycles. The molecule has 0 atom stereocenters. The Morgan fingerprint density at radius 2 is 1.87 bits per heavy atom. The van der Waals surface area contributed by atoms with Crippen LogP contribution in [0.15, 0.2) is 4.99 Å². The Morgan fingerprint density at radius 3 is 2.43 bits per heavy atom. The molecular formula is C14H33IN4O3S. The van der Waals surface area contributed by atoms with Crippen LogP contribution in [0, 0.1) is 5.92 Å². The van der Waals surface area contributed by atoms with Gasteiger partial charge in [0.1, 0.15) is 0 Å². The van der Waals surface area contributed by atoms with Gasteiger partial charge in [0.2, 0.25) is 10.0 Å². The zero-order valence-corrected chi connectivity index (χ0v) is 17.9. The van der Waals surface area contributed by atoms with Crippen molar-refractivity contribution in [2.75, 3.05) is 45.6 Å². The van der Waals surface area contributed by atoms with Gasteiger partial charge < -0.3 is 15.4 Å². The van der Waals surface area contributed by atoms with Crippen molar-refractivity contribution < 1.29 is 13.2 Å². The molecule has 0 spiro atoms. The highest BCUT2D eigenvalue weighted by Crippen LogP contribution is 1.93. The molecule has 0 saturated carbocycles. The highest BCUT2D eigenvalue weighted by atomic mass is 127. The Hall–Kier alpha value is -0.130. The molecule has 7 nitrogen and oxygen atoms in total. The van der Waals surface area contributed by atoms with Crippen LogP contribution in [0.3, 0.4) is 0 Å². The van der Waals surface area contributed by atoms with Crippen LogP contribution in [0.5, 0.6) is 0 Å². The van der Waals surface area contributed by atoms with Crippen LogP contribution in [0.2, 0.25) is 0 Å². The molecule has 0 aliphatic carbocycles. The quantitative estimate of drug-likeness (QED) is 0.175. The molecular weight excluding hydrogens is 431 g/mol. The molecule has 0 aromatic carbocycles. The van der Waals surface area contributed by atoms with E-state index in [0.29, 0.717) is 32.0 Å². The summed E-state index contributed by atoms with van der Waals surface area (Å²) in [4.78, 5) is 4.45. The van der Waals surface area contributed by atoms with Crippen molar-refractivity contribution in [3.05, 3.63) is 0 Å². The Kier molecular flexibility index (Phi) is 16.8. The number of hydrogen-bond donors (Lipinski definition) is 3. The standard InChI is InChI=1S/C14H32N4O3S.HI/c1-5-15-14(16-8-6-10-18-22(4,19)20)17-9-7-11-21-12-13(2)3;/h13,18H,5-12H2,1-4H3,(H2,15,16,17);1H. The van der Waals surface area contributed by atoms with Gasteiger partial charge in [-0.2, -0.15) is 0 Å². The fraction of sp³-hybridized carbons (Fsp3) is 0.929. The van der Waals surface area contributed by atoms with E-state index in [2.05, 4.69) is 34.2 Å². The van der Waals surface area contributed by atoms with Crippen molar-refractivity contribution in [3.8, 4) is 0 Å². The van der Waals surface area contributed by atoms with Crippen LogP contribution < -0.4 is 15.4 Å². The third kappa shape index (κ3) is 19.8. The maximum absolute atomic E-state index is 10.9. The van der Waals surface area contributed by atoms with Gasteiger partial charge in [-0.25, -0.2) is 13.1 Å². The van der Waals surface area contributed by atoms with E-state index in [1.54, 1.807) is 0 Å². The Morgan fingerprint density at radius 1 is 1.17 bits per heavy atom. The van der Waals surface area contributed by atoms with E-state index < -0.39 is 10.0 Å². The fourth-order valence-electron chi connectivity index (χ4n) is 1.57. The van der Waals surface area contributed by atoms with Crippen LogP contribution in [-0.4, -0.2) is 60.0 Å². The molecule has 0 aromatic heterocycles. The summed E-state index contributed by atoms with van der Waals surface area (Å²) in [6, 6.07) is 0. The summed E-state index contributed by atoms with van der Waals surface area (Å²) < 4.78 is 29.8. The van der Waals surface area contributed by atoms with Gasteiger partial charge in [0.25, 0.3) is 0 Å². The molecule has 0 amide bonds. The summed E-state index contributed by atoms with van der Waals surface area (Å²) in [6.07, 6.45) is 2.75. The van der Waals surface area contributed by atoms with Crippen molar-refractivity contribution in [3.63, 3.8) is 0 Å². The minimum atomic E-state index is -3.10. The minimum Gasteiger partial charge on any atom is -0.381 e. The number of aliphatic imine (C=N–C) groups is 1. The lowest BCUT2D eigenvalue weighted by atomic mass is 10.2. The predicted octanol–water partition coefficient (Wildman–Crippen LogP) is 1.16. The Bertz CT molecular complexity index is 403. The van der Waals surface area contributed by atoms with E-state index in [-0.39, 0.29) is 24.0 Å². The molecule has 0 radical (unpaired) electrons. The lowest BCUT2D eigenvalue weighted by Crippen LogP contribution is -2.38. The predicted molar refractivity (Wildman–Crippen MR) is 107 cm³/mol. The third-order valence-electron chi connectivity index (χ3n) is 2.52. The lowest BCUT2D eigenvalue weighted by molar-refractivity contribution is 0.109. The van der Waals surface area contributed by atoms with E-state index in [1.807, 2.05) is 6.92 Å². The number of hydrogen-bond acceptors (Lipinski definition) is 4. The third-order valence-corrected chi connectivity index (χ3v) is 3.25. The summed E-state index contributed by atoms with van der Waals surface area (Å²) in [7, 11) is -3.10. The topological polar surface area (TPSA) is 91.8 Å². The SMILES string of the molecule is CCNC(=NCCCOCC(C)C)NCCCNS(C)(=O)=O.I. The molecule has 3 N–H and O–H groups in total. The van der Waals surface area contributed by atoms with E-state index in [1.165, 1.54) is 0 Å². The highest BCUT2D eigenvalue weighted by Gasteiger charge is 2.00. The van der Waals surface area contributed by atoms with Crippen LogP contribution in [0.1, 0.15) is 33.6 Å². The molecule has 0 heterocycles. The largest absolute Gasteiger partial charge is 0.381 e. The monoisotopic (exact) mass is 464 g/mol. The average Bonchev–Trinajstić information content (AvgIpc) is 2.40. The molecule has 140 valence electrons. The first-order chi connectivity index (χ1) is 10.3. The van der Waals surface area contributed by atoms with Gasteiger partial charge in [0.05, 0.1) is 6.26 Å². The number of nitrogens with one attached hydrogen (secondary N) is 3. The number of halogens is 1. The van der Waals surface area contributed by atoms with Crippen LogP contribution in [-0.2, 0) is 14.8 Å². The molecule has 0 unspecified atom stereocenters. The van der Waals surface area contributed by atoms with Gasteiger partial charge in [-0.3, -0.25) is 4.99 Å². The molecule has 0 rings (SSSR count). The number of sulfonamides is 1. The second-order valence-corrected chi connectivity index (χ2v) is 7.36. The number of ether oxygens (including phenoxy) is 1. The van der Waals surface area contributed by atoms with Crippen molar-refractivity contribution >= 4 is 40.0 Å². The molecule has 23 heavy (non-hydrogen) atoms. The smallest absolute Gasteiger partial charge is 0.208 e. The summed E-state index contributed by atoms with van der Waals surface area (Å²) >= 11 is 0. The second-order valence-electron chi connectivity index (χ2n) is 5.53. The van der Waals surface area contributed by atoms with E-state index in [9.17, 15) is 8.42 Å². The minimum absolute atomic E-state index is 0. The second kappa shape index (κ2) is 15.4. The maximum Gasteiger partial charge on any atom is 0.208 e. The first-order valence-corrected chi connectivity index (χ1v) is 9.79. The zero-order chi connectivity index (χ0) is 16.8. The van der Waals surface area contributed by atoms with Gasteiger partial charge in [-0.15, -0.1) is 24.0 Å². The van der Waals surface area contributed by atoms with E-state index >= 15 is 0 Å². The van der Waals surface area contributed by atoms with Gasteiger partial charge >= 0.3 is 0 Å². The highest BCUT2D eigenvalue weighted by molar-refractivity contribution is 14.0.